The normalized spacial score (nSPS) is 26.8. The van der Waals surface area contributed by atoms with Crippen molar-refractivity contribution >= 4 is 34.8 Å². The average Bonchev–Trinajstić information content (AvgIpc) is 2.86. The van der Waals surface area contributed by atoms with Crippen molar-refractivity contribution in [2.24, 2.45) is 17.6 Å². The van der Waals surface area contributed by atoms with Crippen LogP contribution in [0.25, 0.3) is 0 Å². The molecule has 3 aliphatic rings. The predicted molar refractivity (Wildman–Crippen MR) is 145 cm³/mol. The second-order valence-corrected chi connectivity index (χ2v) is 11.0. The second kappa shape index (κ2) is 9.91. The number of primary amides is 1. The van der Waals surface area contributed by atoms with Gasteiger partial charge in [-0.25, -0.2) is 0 Å². The number of nitrogens with two attached hydrogens (primary N) is 1. The van der Waals surface area contributed by atoms with Gasteiger partial charge in [0.1, 0.15) is 17.1 Å². The molecule has 8 N–H and O–H groups in total. The summed E-state index contributed by atoms with van der Waals surface area (Å²) in [6.07, 6.45) is 0.119. The van der Waals surface area contributed by atoms with E-state index >= 15 is 0 Å². The van der Waals surface area contributed by atoms with Gasteiger partial charge in [-0.2, -0.15) is 0 Å². The number of phenolic OH excluding ortho intramolecular Hbond substituents is 1. The minimum Gasteiger partial charge on any atom is -0.510 e. The van der Waals surface area contributed by atoms with Crippen LogP contribution < -0.4 is 21.3 Å². The number of hydrogen-bond donors (Lipinski definition) is 7. The van der Waals surface area contributed by atoms with Gasteiger partial charge in [-0.15, -0.1) is 0 Å². The van der Waals surface area contributed by atoms with Crippen molar-refractivity contribution < 1.29 is 39.6 Å². The van der Waals surface area contributed by atoms with Crippen molar-refractivity contribution in [2.75, 3.05) is 45.5 Å². The summed E-state index contributed by atoms with van der Waals surface area (Å²) in [5, 5.41) is 50.6. The zero-order chi connectivity index (χ0) is 30.0. The predicted octanol–water partition coefficient (Wildman–Crippen LogP) is -0.267. The molecule has 1 aromatic rings. The number of hydrogen-bond acceptors (Lipinski definition) is 11. The number of nitrogens with one attached hydrogen (secondary N) is 2. The number of fused-ring (bicyclic) bond motifs is 3. The van der Waals surface area contributed by atoms with Crippen molar-refractivity contribution in [3.8, 4) is 5.75 Å². The third-order valence-electron chi connectivity index (χ3n) is 8.26. The third-order valence-corrected chi connectivity index (χ3v) is 8.26. The smallest absolute Gasteiger partial charge is 0.255 e. The summed E-state index contributed by atoms with van der Waals surface area (Å²) in [6, 6.07) is -0.130. The number of anilines is 2. The fraction of sp³-hybridized carbons (Fsp3) is 0.481. The number of ketones is 2. The molecule has 2 amide bonds. The highest BCUT2D eigenvalue weighted by Gasteiger charge is 2.63. The number of Topliss-reactive ketones (excluding diaryl/α,β-unsaturated/α-hetero) is 2. The number of aliphatic hydroxyl groups is 3. The molecule has 0 spiro atoms. The van der Waals surface area contributed by atoms with Gasteiger partial charge in [0, 0.05) is 31.3 Å². The van der Waals surface area contributed by atoms with Gasteiger partial charge >= 0.3 is 0 Å². The van der Waals surface area contributed by atoms with Crippen LogP contribution in [-0.2, 0) is 20.8 Å². The molecule has 0 saturated carbocycles. The van der Waals surface area contributed by atoms with Gasteiger partial charge in [0.2, 0.25) is 11.7 Å². The topological polar surface area (TPSA) is 206 Å². The van der Waals surface area contributed by atoms with Crippen LogP contribution in [0.4, 0.5) is 11.4 Å². The minimum atomic E-state index is -2.72. The van der Waals surface area contributed by atoms with Gasteiger partial charge in [-0.1, -0.05) is 0 Å². The monoisotopic (exact) mass is 557 g/mol. The Morgan fingerprint density at radius 2 is 1.77 bits per heavy atom. The molecule has 3 aliphatic carbocycles. The van der Waals surface area contributed by atoms with E-state index in [0.717, 1.165) is 0 Å². The molecule has 4 unspecified atom stereocenters. The van der Waals surface area contributed by atoms with E-state index in [1.54, 1.807) is 53.1 Å². The maximum Gasteiger partial charge on any atom is 0.255 e. The molecule has 0 fully saturated rings. The van der Waals surface area contributed by atoms with Gasteiger partial charge in [-0.05, 0) is 58.5 Å². The van der Waals surface area contributed by atoms with Gasteiger partial charge in [0.05, 0.1) is 23.3 Å². The maximum atomic E-state index is 14.0. The van der Waals surface area contributed by atoms with Gasteiger partial charge in [0.25, 0.3) is 5.91 Å². The lowest BCUT2D eigenvalue weighted by atomic mass is 9.58. The van der Waals surface area contributed by atoms with E-state index < -0.39 is 75.7 Å². The molecule has 1 aromatic carbocycles. The van der Waals surface area contributed by atoms with Crippen LogP contribution in [0.2, 0.25) is 0 Å². The molecule has 40 heavy (non-hydrogen) atoms. The zero-order valence-corrected chi connectivity index (χ0v) is 23.2. The lowest BCUT2D eigenvalue weighted by Crippen LogP contribution is -2.63. The number of phenols is 1. The Kier molecular flexibility index (Phi) is 7.20. The van der Waals surface area contributed by atoms with Crippen LogP contribution in [0.15, 0.2) is 28.7 Å². The van der Waals surface area contributed by atoms with Crippen molar-refractivity contribution in [3.05, 3.63) is 39.9 Å². The van der Waals surface area contributed by atoms with Crippen LogP contribution in [-0.4, -0.2) is 102 Å². The molecule has 0 heterocycles. The molecule has 5 atom stereocenters. The molecule has 0 bridgehead atoms. The highest BCUT2D eigenvalue weighted by molar-refractivity contribution is 6.25. The number of carbonyl (C=O) groups excluding carboxylic acids is 4. The highest BCUT2D eigenvalue weighted by Crippen LogP contribution is 2.53. The van der Waals surface area contributed by atoms with Crippen LogP contribution >= 0.6 is 0 Å². The summed E-state index contributed by atoms with van der Waals surface area (Å²) in [7, 11) is 8.20. The first-order valence-corrected chi connectivity index (χ1v) is 12.8. The van der Waals surface area contributed by atoms with Crippen molar-refractivity contribution in [1.82, 2.24) is 10.2 Å². The quantitative estimate of drug-likeness (QED) is 0.179. The number of aliphatic hydroxyl groups excluding tert-OH is 2. The van der Waals surface area contributed by atoms with E-state index in [1.165, 1.54) is 4.90 Å². The van der Waals surface area contributed by atoms with E-state index in [0.29, 0.717) is 11.3 Å². The third kappa shape index (κ3) is 4.03. The standard InChI is InChI=1S/C27H35N5O8/c1-10(29-2)26(39)30-14-9-15(31(3)4)12-7-11-8-13-19(32(5)6)22(35)18(25(28)38)24(37)27(13,40)23(36)16(11)21(34)17(12)20(14)33/h9-11,13,19,29,33,35-36,40H,7-8H2,1-6H3,(H2,28,38)(H,30,39)/t10?,11?,13?,19-,27?/m0/s1. The first kappa shape index (κ1) is 29.1. The number of nitrogens with zero attached hydrogens (tertiary/aromatic N) is 2. The Balaban J connectivity index is 1.94. The van der Waals surface area contributed by atoms with Crippen LogP contribution in [0.1, 0.15) is 29.3 Å². The van der Waals surface area contributed by atoms with E-state index in [1.807, 2.05) is 0 Å². The second-order valence-electron chi connectivity index (χ2n) is 11.0. The van der Waals surface area contributed by atoms with Gasteiger partial charge in [0.15, 0.2) is 17.1 Å². The first-order valence-electron chi connectivity index (χ1n) is 12.8. The highest BCUT2D eigenvalue weighted by atomic mass is 16.3. The van der Waals surface area contributed by atoms with E-state index in [-0.39, 0.29) is 29.7 Å². The summed E-state index contributed by atoms with van der Waals surface area (Å²) in [5.74, 6) is -7.79. The number of likely N-dealkylation sites (N-methyl/N-ethyl adjacent to an activating group) is 2. The summed E-state index contributed by atoms with van der Waals surface area (Å²) in [6.45, 7) is 1.62. The van der Waals surface area contributed by atoms with Crippen LogP contribution in [0.5, 0.6) is 5.75 Å². The summed E-state index contributed by atoms with van der Waals surface area (Å²) >= 11 is 0. The van der Waals surface area contributed by atoms with Crippen molar-refractivity contribution in [1.29, 1.82) is 0 Å². The molecular weight excluding hydrogens is 522 g/mol. The molecule has 0 radical (unpaired) electrons. The molecule has 4 rings (SSSR count). The minimum absolute atomic E-state index is 0.0163. The van der Waals surface area contributed by atoms with E-state index in [2.05, 4.69) is 10.6 Å². The van der Waals surface area contributed by atoms with Crippen LogP contribution in [0, 0.1) is 11.8 Å². The molecule has 0 saturated heterocycles. The summed E-state index contributed by atoms with van der Waals surface area (Å²) < 4.78 is 0. The molecule has 13 heteroatoms. The summed E-state index contributed by atoms with van der Waals surface area (Å²) in [4.78, 5) is 55.3. The van der Waals surface area contributed by atoms with Crippen molar-refractivity contribution in [3.63, 3.8) is 0 Å². The van der Waals surface area contributed by atoms with Crippen molar-refractivity contribution in [2.45, 2.75) is 37.5 Å². The van der Waals surface area contributed by atoms with Gasteiger partial charge in [-0.3, -0.25) is 24.1 Å². The number of aromatic hydroxyl groups is 1. The maximum absolute atomic E-state index is 14.0. The largest absolute Gasteiger partial charge is 0.510 e. The number of benzene rings is 1. The number of amides is 2. The first-order chi connectivity index (χ1) is 18.6. The fourth-order valence-corrected chi connectivity index (χ4v) is 6.17. The molecule has 0 aromatic heterocycles. The Labute approximate surface area is 230 Å². The summed E-state index contributed by atoms with van der Waals surface area (Å²) in [5.41, 5.74) is 2.29. The zero-order valence-electron chi connectivity index (χ0n) is 23.2. The molecule has 13 nitrogen and oxygen atoms in total. The van der Waals surface area contributed by atoms with Gasteiger partial charge < -0.3 is 41.7 Å². The SMILES string of the molecule is CNC(C)C(=O)Nc1cc(N(C)C)c2c(c1O)C(=O)C1=C(O)C3(O)C(=O)C(C(N)=O)=C(O)[C@@H](N(C)C)C3CC1C2. The number of carbonyl (C=O) groups is 4. The fourth-order valence-electron chi connectivity index (χ4n) is 6.17. The van der Waals surface area contributed by atoms with E-state index in [9.17, 15) is 39.6 Å². The lowest BCUT2D eigenvalue weighted by molar-refractivity contribution is -0.148. The Hall–Kier alpha value is -3.94. The number of rotatable bonds is 6. The average molecular weight is 558 g/mol. The number of allylic oxidation sites excluding steroid dienone is 1. The van der Waals surface area contributed by atoms with Crippen LogP contribution in [0.3, 0.4) is 0 Å². The molecular formula is C27H35N5O8. The lowest BCUT2D eigenvalue weighted by Gasteiger charge is -2.50. The molecule has 216 valence electrons. The molecule has 0 aliphatic heterocycles. The Morgan fingerprint density at radius 3 is 2.30 bits per heavy atom. The Bertz CT molecular complexity index is 1400. The van der Waals surface area contributed by atoms with E-state index in [4.69, 9.17) is 5.73 Å². The Morgan fingerprint density at radius 1 is 1.15 bits per heavy atom.